The highest BCUT2D eigenvalue weighted by Gasteiger charge is 2.45. The van der Waals surface area contributed by atoms with Crippen LogP contribution in [0.25, 0.3) is 15.7 Å². The molecule has 4 aromatic rings. The van der Waals surface area contributed by atoms with Crippen molar-refractivity contribution in [1.29, 1.82) is 0 Å². The maximum absolute atomic E-state index is 13.1. The van der Waals surface area contributed by atoms with Crippen LogP contribution >= 0.6 is 0 Å². The van der Waals surface area contributed by atoms with Gasteiger partial charge in [-0.1, -0.05) is 18.2 Å². The van der Waals surface area contributed by atoms with Crippen molar-refractivity contribution in [3.8, 4) is 29.1 Å². The van der Waals surface area contributed by atoms with Crippen molar-refractivity contribution in [3.05, 3.63) is 82.7 Å². The molecule has 2 aromatic heterocycles. The van der Waals surface area contributed by atoms with E-state index >= 15 is 0 Å². The quantitative estimate of drug-likeness (QED) is 0.266. The fraction of sp³-hybridized carbons (Fsp3) is 0.344. The van der Waals surface area contributed by atoms with Crippen molar-refractivity contribution in [2.24, 2.45) is 0 Å². The number of para-hydroxylation sites is 1. The molecular weight excluding hydrogens is 536 g/mol. The lowest BCUT2D eigenvalue weighted by Crippen LogP contribution is -2.38. The van der Waals surface area contributed by atoms with Gasteiger partial charge in [-0.3, -0.25) is 0 Å². The van der Waals surface area contributed by atoms with Crippen LogP contribution in [0.2, 0.25) is 0 Å². The van der Waals surface area contributed by atoms with Gasteiger partial charge in [-0.25, -0.2) is 9.83 Å². The number of nitrogens with zero attached hydrogens (tertiary/aromatic N) is 4. The second-order valence-electron chi connectivity index (χ2n) is 10.3. The summed E-state index contributed by atoms with van der Waals surface area (Å²) in [7, 11) is 8.50. The van der Waals surface area contributed by atoms with Gasteiger partial charge in [0.05, 0.1) is 39.3 Å². The number of benzene rings is 2. The number of rotatable bonds is 10. The molecule has 42 heavy (non-hydrogen) atoms. The Morgan fingerprint density at radius 1 is 0.952 bits per heavy atom. The summed E-state index contributed by atoms with van der Waals surface area (Å²) in [5, 5.41) is 13.9. The molecule has 218 valence electrons. The summed E-state index contributed by atoms with van der Waals surface area (Å²) < 4.78 is 29.0. The monoisotopic (exact) mass is 570 g/mol. The maximum Gasteiger partial charge on any atom is 0.217 e. The van der Waals surface area contributed by atoms with E-state index in [0.717, 1.165) is 5.39 Å². The lowest BCUT2D eigenvalue weighted by atomic mass is 9.71. The second-order valence-corrected chi connectivity index (χ2v) is 10.3. The predicted octanol–water partition coefficient (Wildman–Crippen LogP) is 4.95. The number of pyridine rings is 2. The zero-order chi connectivity index (χ0) is 29.9. The molecular formula is C32H34N4O6. The highest BCUT2D eigenvalue weighted by molar-refractivity contribution is 5.84. The third-order valence-electron chi connectivity index (χ3n) is 7.45. The Bertz CT molecular complexity index is 1610. The van der Waals surface area contributed by atoms with Crippen LogP contribution in [-0.4, -0.2) is 75.2 Å². The molecule has 0 saturated carbocycles. The highest BCUT2D eigenvalue weighted by Crippen LogP contribution is 2.52. The maximum atomic E-state index is 13.1. The Balaban J connectivity index is 1.87. The van der Waals surface area contributed by atoms with Crippen molar-refractivity contribution in [2.75, 3.05) is 55.2 Å². The number of methoxy groups -OCH3 is 3. The number of hydrogen-bond acceptors (Lipinski definition) is 9. The first-order valence-corrected chi connectivity index (χ1v) is 13.5. The van der Waals surface area contributed by atoms with Gasteiger partial charge in [0.1, 0.15) is 18.8 Å². The standard InChI is InChI=1S/C32H34N4O6/c1-33-22-10-11-25-20(16-22)17-24(31(34-25)40-6)29(23-8-7-9-26-30(23)42-15-14-41-26)32(37,12-13-36(2)3)21-18-27(38-4)35-28(19-21)39-5/h7-11,16-19,29,37H,12-15H2,2-6H3. The van der Waals surface area contributed by atoms with Gasteiger partial charge >= 0.3 is 0 Å². The van der Waals surface area contributed by atoms with Crippen molar-refractivity contribution in [2.45, 2.75) is 17.9 Å². The highest BCUT2D eigenvalue weighted by atomic mass is 16.6. The van der Waals surface area contributed by atoms with Crippen molar-refractivity contribution < 1.29 is 28.8 Å². The van der Waals surface area contributed by atoms with Crippen LogP contribution in [0.1, 0.15) is 29.0 Å². The molecule has 0 saturated heterocycles. The van der Waals surface area contributed by atoms with Gasteiger partial charge in [0.15, 0.2) is 17.2 Å². The molecule has 1 aliphatic heterocycles. The molecule has 2 unspecified atom stereocenters. The molecule has 10 nitrogen and oxygen atoms in total. The van der Waals surface area contributed by atoms with Crippen LogP contribution < -0.4 is 23.7 Å². The fourth-order valence-electron chi connectivity index (χ4n) is 5.40. The van der Waals surface area contributed by atoms with Crippen LogP contribution in [0.5, 0.6) is 29.1 Å². The van der Waals surface area contributed by atoms with E-state index in [1.807, 2.05) is 43.3 Å². The SMILES string of the molecule is [C-]#[N+]c1ccc2nc(OC)c(C(c3cccc4c3OCCO4)C(O)(CCN(C)C)c3cc(OC)nc(OC)c3)cc2c1. The molecule has 3 heterocycles. The zero-order valence-electron chi connectivity index (χ0n) is 24.4. The van der Waals surface area contributed by atoms with E-state index in [0.29, 0.717) is 83.2 Å². The van der Waals surface area contributed by atoms with Gasteiger partial charge in [0.25, 0.3) is 0 Å². The third kappa shape index (κ3) is 5.49. The summed E-state index contributed by atoms with van der Waals surface area (Å²) in [5.74, 6) is 1.30. The molecule has 10 heteroatoms. The van der Waals surface area contributed by atoms with Gasteiger partial charge in [0.2, 0.25) is 17.6 Å². The van der Waals surface area contributed by atoms with Gasteiger partial charge < -0.3 is 33.7 Å². The normalized spacial score (nSPS) is 14.6. The summed E-state index contributed by atoms with van der Waals surface area (Å²) in [4.78, 5) is 14.8. The molecule has 0 amide bonds. The first kappa shape index (κ1) is 28.9. The Morgan fingerprint density at radius 2 is 1.69 bits per heavy atom. The average molecular weight is 571 g/mol. The Labute approximate surface area is 245 Å². The minimum Gasteiger partial charge on any atom is -0.486 e. The lowest BCUT2D eigenvalue weighted by molar-refractivity contribution is 0.00214. The zero-order valence-corrected chi connectivity index (χ0v) is 24.4. The largest absolute Gasteiger partial charge is 0.486 e. The summed E-state index contributed by atoms with van der Waals surface area (Å²) in [6.07, 6.45) is 0.300. The first-order chi connectivity index (χ1) is 20.3. The molecule has 0 radical (unpaired) electrons. The smallest absolute Gasteiger partial charge is 0.217 e. The Hall–Kier alpha value is -4.59. The summed E-state index contributed by atoms with van der Waals surface area (Å²) in [6.45, 7) is 8.86. The summed E-state index contributed by atoms with van der Waals surface area (Å²) in [6, 6.07) is 16.3. The molecule has 5 rings (SSSR count). The minimum atomic E-state index is -1.58. The van der Waals surface area contributed by atoms with Crippen LogP contribution in [0.3, 0.4) is 0 Å². The molecule has 0 fully saturated rings. The topological polar surface area (TPSA) is 99.8 Å². The van der Waals surface area contributed by atoms with Crippen molar-refractivity contribution in [3.63, 3.8) is 0 Å². The van der Waals surface area contributed by atoms with Crippen molar-refractivity contribution in [1.82, 2.24) is 14.9 Å². The predicted molar refractivity (Wildman–Crippen MR) is 158 cm³/mol. The van der Waals surface area contributed by atoms with E-state index in [4.69, 9.17) is 35.2 Å². The molecule has 2 aromatic carbocycles. The molecule has 1 aliphatic rings. The Kier molecular flexibility index (Phi) is 8.34. The van der Waals surface area contributed by atoms with Gasteiger partial charge in [-0.05, 0) is 55.7 Å². The number of hydrogen-bond donors (Lipinski definition) is 1. The molecule has 0 aliphatic carbocycles. The fourth-order valence-corrected chi connectivity index (χ4v) is 5.40. The van der Waals surface area contributed by atoms with E-state index in [1.165, 1.54) is 14.2 Å². The summed E-state index contributed by atoms with van der Waals surface area (Å²) in [5.41, 5.74) is 1.42. The molecule has 0 spiro atoms. The lowest BCUT2D eigenvalue weighted by Gasteiger charge is -2.40. The number of aromatic nitrogens is 2. The number of fused-ring (bicyclic) bond motifs is 2. The average Bonchev–Trinajstić information content (AvgIpc) is 3.03. The van der Waals surface area contributed by atoms with Crippen LogP contribution in [0.4, 0.5) is 5.69 Å². The second kappa shape index (κ2) is 12.1. The van der Waals surface area contributed by atoms with Gasteiger partial charge in [-0.2, -0.15) is 4.98 Å². The van der Waals surface area contributed by atoms with E-state index in [-0.39, 0.29) is 0 Å². The Morgan fingerprint density at radius 3 is 2.36 bits per heavy atom. The van der Waals surface area contributed by atoms with Crippen LogP contribution in [0.15, 0.2) is 54.6 Å². The number of aliphatic hydroxyl groups is 1. The molecule has 2 atom stereocenters. The molecule has 1 N–H and O–H groups in total. The molecule has 0 bridgehead atoms. The van der Waals surface area contributed by atoms with E-state index in [2.05, 4.69) is 9.83 Å². The van der Waals surface area contributed by atoms with Crippen LogP contribution in [0, 0.1) is 6.57 Å². The van der Waals surface area contributed by atoms with E-state index in [9.17, 15) is 5.11 Å². The third-order valence-corrected chi connectivity index (χ3v) is 7.45. The van der Waals surface area contributed by atoms with Crippen molar-refractivity contribution >= 4 is 16.6 Å². The summed E-state index contributed by atoms with van der Waals surface area (Å²) >= 11 is 0. The van der Waals surface area contributed by atoms with Gasteiger partial charge in [0, 0.05) is 29.8 Å². The minimum absolute atomic E-state index is 0.298. The van der Waals surface area contributed by atoms with Crippen LogP contribution in [-0.2, 0) is 5.60 Å². The van der Waals surface area contributed by atoms with E-state index < -0.39 is 11.5 Å². The first-order valence-electron chi connectivity index (χ1n) is 13.5. The number of ether oxygens (including phenoxy) is 5. The van der Waals surface area contributed by atoms with E-state index in [1.54, 1.807) is 37.4 Å². The van der Waals surface area contributed by atoms with Gasteiger partial charge in [-0.15, -0.1) is 0 Å².